The number of hydrogen-bond acceptors (Lipinski definition) is 1. The van der Waals surface area contributed by atoms with E-state index in [1.807, 2.05) is 0 Å². The van der Waals surface area contributed by atoms with Gasteiger partial charge in [0.05, 0.1) is 0 Å². The lowest BCUT2D eigenvalue weighted by atomic mass is 9.81. The fourth-order valence-corrected chi connectivity index (χ4v) is 2.35. The summed E-state index contributed by atoms with van der Waals surface area (Å²) >= 11 is 5.55. The zero-order chi connectivity index (χ0) is 10.6. The minimum atomic E-state index is 0.186. The normalized spacial score (nSPS) is 24.9. The van der Waals surface area contributed by atoms with Gasteiger partial charge in [-0.15, -0.1) is 11.6 Å². The molecular weight excluding hydrogens is 198 g/mol. The van der Waals surface area contributed by atoms with Crippen molar-refractivity contribution in [2.45, 2.75) is 39.5 Å². The predicted octanol–water partition coefficient (Wildman–Crippen LogP) is 2.56. The van der Waals surface area contributed by atoms with E-state index in [-0.39, 0.29) is 17.2 Å². The van der Waals surface area contributed by atoms with Gasteiger partial charge in [-0.2, -0.15) is 0 Å². The van der Waals surface area contributed by atoms with E-state index in [4.69, 9.17) is 11.6 Å². The molecule has 1 atom stereocenters. The minimum absolute atomic E-state index is 0.186. The Balaban J connectivity index is 2.36. The fraction of sp³-hybridized carbons (Fsp3) is 0.909. The van der Waals surface area contributed by atoms with Gasteiger partial charge in [0.1, 0.15) is 0 Å². The van der Waals surface area contributed by atoms with Crippen molar-refractivity contribution >= 4 is 17.5 Å². The highest BCUT2D eigenvalue weighted by atomic mass is 35.5. The third-order valence-electron chi connectivity index (χ3n) is 3.18. The van der Waals surface area contributed by atoms with Crippen LogP contribution >= 0.6 is 11.6 Å². The van der Waals surface area contributed by atoms with Gasteiger partial charge in [-0.25, -0.2) is 0 Å². The molecule has 0 bridgehead atoms. The van der Waals surface area contributed by atoms with Gasteiger partial charge in [-0.05, 0) is 24.7 Å². The van der Waals surface area contributed by atoms with Crippen LogP contribution in [0.1, 0.15) is 39.5 Å². The number of rotatable bonds is 4. The fourth-order valence-electron chi connectivity index (χ4n) is 2.21. The number of nitrogens with one attached hydrogen (secondary N) is 1. The van der Waals surface area contributed by atoms with E-state index in [0.717, 1.165) is 19.4 Å². The van der Waals surface area contributed by atoms with Crippen molar-refractivity contribution in [2.75, 3.05) is 12.4 Å². The molecule has 14 heavy (non-hydrogen) atoms. The molecule has 1 unspecified atom stereocenters. The molecule has 1 aliphatic rings. The maximum atomic E-state index is 11.8. The molecule has 0 spiro atoms. The molecule has 0 aromatic rings. The van der Waals surface area contributed by atoms with Gasteiger partial charge in [-0.3, -0.25) is 4.79 Å². The van der Waals surface area contributed by atoms with Crippen LogP contribution in [0.25, 0.3) is 0 Å². The third-order valence-corrected chi connectivity index (χ3v) is 3.45. The van der Waals surface area contributed by atoms with Gasteiger partial charge in [-0.1, -0.05) is 20.3 Å². The van der Waals surface area contributed by atoms with Gasteiger partial charge < -0.3 is 5.32 Å². The molecule has 0 radical (unpaired) electrons. The Morgan fingerprint density at radius 1 is 1.57 bits per heavy atom. The van der Waals surface area contributed by atoms with Crippen molar-refractivity contribution in [1.29, 1.82) is 0 Å². The second kappa shape index (κ2) is 5.01. The van der Waals surface area contributed by atoms with Gasteiger partial charge in [0.15, 0.2) is 0 Å². The molecule has 1 aliphatic carbocycles. The molecule has 0 aromatic carbocycles. The van der Waals surface area contributed by atoms with Gasteiger partial charge in [0, 0.05) is 18.3 Å². The summed E-state index contributed by atoms with van der Waals surface area (Å²) in [6, 6.07) is 0. The smallest absolute Gasteiger partial charge is 0.223 e. The SMILES string of the molecule is CC1(C)CCCC1C(=O)NCCCCl. The van der Waals surface area contributed by atoms with Crippen molar-refractivity contribution < 1.29 is 4.79 Å². The van der Waals surface area contributed by atoms with Crippen molar-refractivity contribution in [2.24, 2.45) is 11.3 Å². The number of halogens is 1. The van der Waals surface area contributed by atoms with E-state index >= 15 is 0 Å². The van der Waals surface area contributed by atoms with Crippen LogP contribution < -0.4 is 5.32 Å². The molecule has 1 saturated carbocycles. The molecule has 0 saturated heterocycles. The molecule has 1 N–H and O–H groups in total. The van der Waals surface area contributed by atoms with Crippen LogP contribution in [0.5, 0.6) is 0 Å². The Morgan fingerprint density at radius 3 is 2.79 bits per heavy atom. The number of hydrogen-bond donors (Lipinski definition) is 1. The summed E-state index contributed by atoms with van der Waals surface area (Å²) in [6.07, 6.45) is 4.25. The quantitative estimate of drug-likeness (QED) is 0.569. The van der Waals surface area contributed by atoms with Crippen LogP contribution in [0.4, 0.5) is 0 Å². The Bertz CT molecular complexity index is 203. The van der Waals surface area contributed by atoms with E-state index in [1.54, 1.807) is 0 Å². The Kier molecular flexibility index (Phi) is 4.24. The maximum absolute atomic E-state index is 11.8. The first-order chi connectivity index (χ1) is 6.58. The van der Waals surface area contributed by atoms with Crippen molar-refractivity contribution in [3.63, 3.8) is 0 Å². The van der Waals surface area contributed by atoms with Crippen LogP contribution in [0.3, 0.4) is 0 Å². The topological polar surface area (TPSA) is 29.1 Å². The van der Waals surface area contributed by atoms with Crippen LogP contribution in [0.15, 0.2) is 0 Å². The summed E-state index contributed by atoms with van der Waals surface area (Å²) in [6.45, 7) is 5.09. The number of amides is 1. The lowest BCUT2D eigenvalue weighted by molar-refractivity contribution is -0.127. The molecule has 1 amide bonds. The lowest BCUT2D eigenvalue weighted by Gasteiger charge is -2.25. The summed E-state index contributed by atoms with van der Waals surface area (Å²) in [4.78, 5) is 11.8. The van der Waals surface area contributed by atoms with Crippen molar-refractivity contribution in [3.8, 4) is 0 Å². The average molecular weight is 218 g/mol. The number of carbonyl (C=O) groups is 1. The lowest BCUT2D eigenvalue weighted by Crippen LogP contribution is -2.36. The largest absolute Gasteiger partial charge is 0.356 e. The molecule has 82 valence electrons. The summed E-state index contributed by atoms with van der Waals surface area (Å²) in [7, 11) is 0. The summed E-state index contributed by atoms with van der Waals surface area (Å²) < 4.78 is 0. The van der Waals surface area contributed by atoms with Gasteiger partial charge in [0.2, 0.25) is 5.91 Å². The van der Waals surface area contributed by atoms with Crippen LogP contribution in [-0.4, -0.2) is 18.3 Å². The first-order valence-corrected chi connectivity index (χ1v) is 5.95. The van der Waals surface area contributed by atoms with E-state index in [1.165, 1.54) is 12.8 Å². The Hall–Kier alpha value is -0.240. The predicted molar refractivity (Wildman–Crippen MR) is 59.5 cm³/mol. The van der Waals surface area contributed by atoms with E-state index in [2.05, 4.69) is 19.2 Å². The van der Waals surface area contributed by atoms with Crippen LogP contribution in [0, 0.1) is 11.3 Å². The highest BCUT2D eigenvalue weighted by Crippen LogP contribution is 2.42. The second-order valence-corrected chi connectivity index (χ2v) is 5.14. The zero-order valence-corrected chi connectivity index (χ0v) is 9.86. The number of carbonyl (C=O) groups excluding carboxylic acids is 1. The molecule has 0 aliphatic heterocycles. The molecule has 1 rings (SSSR count). The summed E-state index contributed by atoms with van der Waals surface area (Å²) in [5.41, 5.74) is 0.186. The van der Waals surface area contributed by atoms with E-state index in [0.29, 0.717) is 5.88 Å². The molecule has 0 aromatic heterocycles. The Morgan fingerprint density at radius 2 is 2.29 bits per heavy atom. The second-order valence-electron chi connectivity index (χ2n) is 4.77. The molecule has 1 fully saturated rings. The first-order valence-electron chi connectivity index (χ1n) is 5.41. The van der Waals surface area contributed by atoms with Gasteiger partial charge in [0.25, 0.3) is 0 Å². The Labute approximate surface area is 91.4 Å². The van der Waals surface area contributed by atoms with Crippen LogP contribution in [0.2, 0.25) is 0 Å². The van der Waals surface area contributed by atoms with Crippen molar-refractivity contribution in [3.05, 3.63) is 0 Å². The monoisotopic (exact) mass is 217 g/mol. The van der Waals surface area contributed by atoms with Crippen LogP contribution in [-0.2, 0) is 4.79 Å². The third kappa shape index (κ3) is 2.88. The van der Waals surface area contributed by atoms with E-state index in [9.17, 15) is 4.79 Å². The average Bonchev–Trinajstić information content (AvgIpc) is 2.45. The van der Waals surface area contributed by atoms with Gasteiger partial charge >= 0.3 is 0 Å². The first kappa shape index (κ1) is 11.8. The summed E-state index contributed by atoms with van der Waals surface area (Å²) in [5.74, 6) is 1.05. The minimum Gasteiger partial charge on any atom is -0.356 e. The maximum Gasteiger partial charge on any atom is 0.223 e. The molecule has 2 nitrogen and oxygen atoms in total. The standard InChI is InChI=1S/C11H20ClNO/c1-11(2)6-3-5-9(11)10(14)13-8-4-7-12/h9H,3-8H2,1-2H3,(H,13,14). The highest BCUT2D eigenvalue weighted by Gasteiger charge is 2.38. The molecular formula is C11H20ClNO. The summed E-state index contributed by atoms with van der Waals surface area (Å²) in [5, 5.41) is 2.96. The zero-order valence-electron chi connectivity index (χ0n) is 9.11. The highest BCUT2D eigenvalue weighted by molar-refractivity contribution is 6.17. The molecule has 0 heterocycles. The van der Waals surface area contributed by atoms with Crippen molar-refractivity contribution in [1.82, 2.24) is 5.32 Å². The van der Waals surface area contributed by atoms with E-state index < -0.39 is 0 Å². The molecule has 3 heteroatoms. The number of alkyl halides is 1.